The van der Waals surface area contributed by atoms with Gasteiger partial charge in [-0.1, -0.05) is 11.6 Å². The number of sulfonamides is 1. The third kappa shape index (κ3) is 3.00. The Morgan fingerprint density at radius 2 is 2.32 bits per heavy atom. The number of benzene rings is 1. The summed E-state index contributed by atoms with van der Waals surface area (Å²) in [5.74, 6) is 0.362. The minimum atomic E-state index is -3.74. The van der Waals surface area contributed by atoms with Crippen molar-refractivity contribution < 1.29 is 13.2 Å². The fourth-order valence-electron chi connectivity index (χ4n) is 1.94. The zero-order valence-electron chi connectivity index (χ0n) is 10.3. The summed E-state index contributed by atoms with van der Waals surface area (Å²) in [6.45, 7) is 2.08. The van der Waals surface area contributed by atoms with Gasteiger partial charge in [0.1, 0.15) is 10.6 Å². The molecule has 7 heteroatoms. The van der Waals surface area contributed by atoms with Crippen molar-refractivity contribution in [2.75, 3.05) is 6.61 Å². The molecule has 0 radical (unpaired) electrons. The van der Waals surface area contributed by atoms with E-state index in [-0.39, 0.29) is 11.3 Å². The maximum absolute atomic E-state index is 12.3. The lowest BCUT2D eigenvalue weighted by Crippen LogP contribution is -2.32. The van der Waals surface area contributed by atoms with Crippen molar-refractivity contribution >= 4 is 21.6 Å². The summed E-state index contributed by atoms with van der Waals surface area (Å²) in [7, 11) is -3.74. The van der Waals surface area contributed by atoms with Crippen molar-refractivity contribution in [1.82, 2.24) is 4.72 Å². The van der Waals surface area contributed by atoms with Gasteiger partial charge in [0.05, 0.1) is 19.1 Å². The SMILES string of the molecule is C[C@@H](CC#N)NS(=O)(=O)c1cc(Cl)cc2c1OCC2. The highest BCUT2D eigenvalue weighted by Crippen LogP contribution is 2.35. The summed E-state index contributed by atoms with van der Waals surface area (Å²) in [4.78, 5) is 0.0392. The molecule has 1 aliphatic rings. The minimum Gasteiger partial charge on any atom is -0.492 e. The molecule has 0 unspecified atom stereocenters. The van der Waals surface area contributed by atoms with Crippen LogP contribution in [0.2, 0.25) is 5.02 Å². The summed E-state index contributed by atoms with van der Waals surface area (Å²) in [5, 5.41) is 8.93. The second kappa shape index (κ2) is 5.37. The third-order valence-electron chi connectivity index (χ3n) is 2.76. The molecule has 0 aromatic heterocycles. The molecule has 0 amide bonds. The summed E-state index contributed by atoms with van der Waals surface area (Å²) < 4.78 is 32.4. The van der Waals surface area contributed by atoms with E-state index >= 15 is 0 Å². The van der Waals surface area contributed by atoms with E-state index in [0.29, 0.717) is 23.8 Å². The second-order valence-electron chi connectivity index (χ2n) is 4.38. The van der Waals surface area contributed by atoms with Gasteiger partial charge >= 0.3 is 0 Å². The molecule has 0 bridgehead atoms. The molecule has 0 fully saturated rings. The quantitative estimate of drug-likeness (QED) is 0.920. The van der Waals surface area contributed by atoms with Crippen LogP contribution in [0.5, 0.6) is 5.75 Å². The summed E-state index contributed by atoms with van der Waals surface area (Å²) >= 11 is 5.93. The van der Waals surface area contributed by atoms with Gasteiger partial charge in [0.2, 0.25) is 10.0 Å². The summed E-state index contributed by atoms with van der Waals surface area (Å²) in [6.07, 6.45) is 0.745. The van der Waals surface area contributed by atoms with Gasteiger partial charge in [0.15, 0.2) is 0 Å². The molecule has 19 heavy (non-hydrogen) atoms. The Hall–Kier alpha value is -1.29. The van der Waals surface area contributed by atoms with E-state index in [2.05, 4.69) is 4.72 Å². The first-order chi connectivity index (χ1) is 8.94. The Balaban J connectivity index is 2.39. The van der Waals surface area contributed by atoms with Gasteiger partial charge in [-0.2, -0.15) is 5.26 Å². The number of nitrogens with one attached hydrogen (secondary N) is 1. The van der Waals surface area contributed by atoms with Gasteiger partial charge in [0.25, 0.3) is 0 Å². The minimum absolute atomic E-state index is 0.0392. The van der Waals surface area contributed by atoms with Crippen LogP contribution in [0.1, 0.15) is 18.9 Å². The smallest absolute Gasteiger partial charge is 0.244 e. The van der Waals surface area contributed by atoms with Crippen molar-refractivity contribution in [3.8, 4) is 11.8 Å². The number of hydrogen-bond acceptors (Lipinski definition) is 4. The van der Waals surface area contributed by atoms with E-state index in [4.69, 9.17) is 21.6 Å². The lowest BCUT2D eigenvalue weighted by atomic mass is 10.2. The van der Waals surface area contributed by atoms with Gasteiger partial charge in [-0.25, -0.2) is 13.1 Å². The van der Waals surface area contributed by atoms with Crippen molar-refractivity contribution in [2.24, 2.45) is 0 Å². The molecule has 1 aromatic rings. The average molecular weight is 301 g/mol. The zero-order valence-corrected chi connectivity index (χ0v) is 11.9. The lowest BCUT2D eigenvalue weighted by molar-refractivity contribution is 0.348. The maximum Gasteiger partial charge on any atom is 0.244 e. The van der Waals surface area contributed by atoms with Crippen molar-refractivity contribution in [2.45, 2.75) is 30.7 Å². The summed E-state index contributed by atoms with van der Waals surface area (Å²) in [5.41, 5.74) is 0.792. The normalized spacial score (nSPS) is 15.4. The highest BCUT2D eigenvalue weighted by Gasteiger charge is 2.27. The highest BCUT2D eigenvalue weighted by molar-refractivity contribution is 7.89. The molecule has 102 valence electrons. The molecular formula is C12H13ClN2O3S. The molecule has 0 saturated carbocycles. The number of fused-ring (bicyclic) bond motifs is 1. The second-order valence-corrected chi connectivity index (χ2v) is 6.49. The topological polar surface area (TPSA) is 79.2 Å². The first kappa shape index (κ1) is 14.1. The Bertz CT molecular complexity index is 637. The van der Waals surface area contributed by atoms with Gasteiger partial charge < -0.3 is 4.74 Å². The van der Waals surface area contributed by atoms with Crippen LogP contribution in [0.15, 0.2) is 17.0 Å². The highest BCUT2D eigenvalue weighted by atomic mass is 35.5. The number of halogens is 1. The van der Waals surface area contributed by atoms with Crippen molar-refractivity contribution in [3.05, 3.63) is 22.7 Å². The van der Waals surface area contributed by atoms with Crippen LogP contribution >= 0.6 is 11.6 Å². The number of ether oxygens (including phenoxy) is 1. The van der Waals surface area contributed by atoms with Crippen LogP contribution in [0.3, 0.4) is 0 Å². The molecule has 1 N–H and O–H groups in total. The predicted octanol–water partition coefficient (Wildman–Crippen LogP) is 1.86. The van der Waals surface area contributed by atoms with Gasteiger partial charge in [-0.15, -0.1) is 0 Å². The molecule has 0 saturated heterocycles. The van der Waals surface area contributed by atoms with Crippen LogP contribution in [0, 0.1) is 11.3 Å². The van der Waals surface area contributed by atoms with Gasteiger partial charge in [0, 0.05) is 23.0 Å². The van der Waals surface area contributed by atoms with Crippen molar-refractivity contribution in [3.63, 3.8) is 0 Å². The number of nitriles is 1. The Morgan fingerprint density at radius 1 is 1.58 bits per heavy atom. The molecule has 0 spiro atoms. The molecule has 1 heterocycles. The molecule has 2 rings (SSSR count). The third-order valence-corrected chi connectivity index (χ3v) is 4.57. The fourth-order valence-corrected chi connectivity index (χ4v) is 3.70. The van der Waals surface area contributed by atoms with E-state index in [0.717, 1.165) is 5.56 Å². The number of rotatable bonds is 4. The van der Waals surface area contributed by atoms with Gasteiger partial charge in [-0.05, 0) is 19.1 Å². The molecule has 1 atom stereocenters. The van der Waals surface area contributed by atoms with Crippen LogP contribution in [0.25, 0.3) is 0 Å². The standard InChI is InChI=1S/C12H13ClN2O3S/c1-8(2-4-14)15-19(16,17)11-7-10(13)6-9-3-5-18-12(9)11/h6-8,15H,2-3,5H2,1H3/t8-/m0/s1. The van der Waals surface area contributed by atoms with Crippen LogP contribution in [0.4, 0.5) is 0 Å². The number of nitrogens with zero attached hydrogens (tertiary/aromatic N) is 1. The summed E-state index contributed by atoms with van der Waals surface area (Å²) in [6, 6.07) is 4.53. The average Bonchev–Trinajstić information content (AvgIpc) is 2.74. The van der Waals surface area contributed by atoms with Crippen LogP contribution in [-0.2, 0) is 16.4 Å². The predicted molar refractivity (Wildman–Crippen MR) is 70.7 cm³/mol. The maximum atomic E-state index is 12.3. The Kier molecular flexibility index (Phi) is 3.99. The monoisotopic (exact) mass is 300 g/mol. The molecule has 0 aliphatic carbocycles. The van der Waals surface area contributed by atoms with Crippen LogP contribution in [-0.4, -0.2) is 21.1 Å². The van der Waals surface area contributed by atoms with E-state index in [1.807, 2.05) is 6.07 Å². The van der Waals surface area contributed by atoms with E-state index in [1.54, 1.807) is 13.0 Å². The van der Waals surface area contributed by atoms with Crippen LogP contribution < -0.4 is 9.46 Å². The molecular weight excluding hydrogens is 288 g/mol. The Morgan fingerprint density at radius 3 is 3.00 bits per heavy atom. The Labute approximate surface area is 117 Å². The first-order valence-electron chi connectivity index (χ1n) is 5.78. The first-order valence-corrected chi connectivity index (χ1v) is 7.64. The molecule has 1 aliphatic heterocycles. The van der Waals surface area contributed by atoms with E-state index < -0.39 is 16.1 Å². The zero-order chi connectivity index (χ0) is 14.0. The van der Waals surface area contributed by atoms with Crippen molar-refractivity contribution in [1.29, 1.82) is 5.26 Å². The van der Waals surface area contributed by atoms with E-state index in [1.165, 1.54) is 6.07 Å². The largest absolute Gasteiger partial charge is 0.492 e. The van der Waals surface area contributed by atoms with E-state index in [9.17, 15) is 8.42 Å². The number of hydrogen-bond donors (Lipinski definition) is 1. The molecule has 1 aromatic carbocycles. The lowest BCUT2D eigenvalue weighted by Gasteiger charge is -2.14. The fraction of sp³-hybridized carbons (Fsp3) is 0.417. The molecule has 5 nitrogen and oxygen atoms in total. The van der Waals surface area contributed by atoms with Gasteiger partial charge in [-0.3, -0.25) is 0 Å².